The van der Waals surface area contributed by atoms with Gasteiger partial charge in [0, 0.05) is 5.39 Å². The van der Waals surface area contributed by atoms with E-state index in [-0.39, 0.29) is 11.0 Å². The fourth-order valence-corrected chi connectivity index (χ4v) is 5.17. The molecule has 186 valence electrons. The molecule has 2 N–H and O–H groups in total. The molecule has 3 heterocycles. The van der Waals surface area contributed by atoms with Crippen molar-refractivity contribution in [2.24, 2.45) is 0 Å². The molecule has 0 aliphatic carbocycles. The Morgan fingerprint density at radius 3 is 2.30 bits per heavy atom. The second kappa shape index (κ2) is 8.55. The number of fused-ring (bicyclic) bond motifs is 5. The number of aryl methyl sites for hydroxylation is 2. The van der Waals surface area contributed by atoms with Gasteiger partial charge >= 0.3 is 0 Å². The Balaban J connectivity index is 1.72. The summed E-state index contributed by atoms with van der Waals surface area (Å²) in [6.45, 7) is 6.34. The molecule has 5 aromatic rings. The second-order valence-corrected chi connectivity index (χ2v) is 9.29. The maximum atomic E-state index is 14.0. The van der Waals surface area contributed by atoms with Crippen LogP contribution >= 0.6 is 0 Å². The van der Waals surface area contributed by atoms with Crippen LogP contribution in [0.15, 0.2) is 68.2 Å². The fourth-order valence-electron chi connectivity index (χ4n) is 5.17. The van der Waals surface area contributed by atoms with Crippen LogP contribution in [-0.4, -0.2) is 13.7 Å². The Hall–Kier alpha value is -4.52. The smallest absolute Gasteiger partial charge is 0.218 e. The first-order chi connectivity index (χ1) is 17.9. The first-order valence-corrected chi connectivity index (χ1v) is 12.2. The van der Waals surface area contributed by atoms with Gasteiger partial charge in [0.25, 0.3) is 0 Å². The predicted octanol–water partition coefficient (Wildman–Crippen LogP) is 6.28. The number of anilines is 2. The molecule has 6 rings (SSSR count). The van der Waals surface area contributed by atoms with E-state index in [2.05, 4.69) is 5.32 Å². The van der Waals surface area contributed by atoms with Gasteiger partial charge in [-0.05, 0) is 62.7 Å². The van der Waals surface area contributed by atoms with E-state index in [1.807, 2.05) is 75.4 Å². The molecule has 0 saturated heterocycles. The van der Waals surface area contributed by atoms with Crippen molar-refractivity contribution in [3.05, 3.63) is 98.2 Å². The molecule has 1 atom stereocenters. The molecular weight excluding hydrogens is 468 g/mol. The van der Waals surface area contributed by atoms with Crippen LogP contribution in [0.4, 0.5) is 11.6 Å². The molecule has 7 nitrogen and oxygen atoms in total. The lowest BCUT2D eigenvalue weighted by Crippen LogP contribution is -2.28. The van der Waals surface area contributed by atoms with Crippen LogP contribution in [0.3, 0.4) is 0 Å². The highest BCUT2D eigenvalue weighted by Gasteiger charge is 2.36. The van der Waals surface area contributed by atoms with E-state index < -0.39 is 5.92 Å². The minimum Gasteiger partial charge on any atom is -0.493 e. The Morgan fingerprint density at radius 1 is 0.892 bits per heavy atom. The van der Waals surface area contributed by atoms with E-state index in [1.165, 1.54) is 0 Å². The number of ether oxygens (including phenoxy) is 2. The number of nitrogens with one attached hydrogen (secondary N) is 2. The molecule has 1 aliphatic rings. The molecule has 1 unspecified atom stereocenters. The normalized spacial score (nSPS) is 14.2. The average molecular weight is 495 g/mol. The molecule has 1 aliphatic heterocycles. The second-order valence-electron chi connectivity index (χ2n) is 9.29. The molecule has 2 aromatic heterocycles. The lowest BCUT2D eigenvalue weighted by atomic mass is 9.81. The van der Waals surface area contributed by atoms with Crippen molar-refractivity contribution in [1.29, 1.82) is 5.41 Å². The van der Waals surface area contributed by atoms with Crippen LogP contribution in [-0.2, 0) is 0 Å². The van der Waals surface area contributed by atoms with Crippen LogP contribution in [0.5, 0.6) is 11.5 Å². The summed E-state index contributed by atoms with van der Waals surface area (Å²) in [7, 11) is 1.58. The number of hydrogen-bond donors (Lipinski definition) is 2. The number of hydrogen-bond acceptors (Lipinski definition) is 7. The monoisotopic (exact) mass is 494 g/mol. The molecule has 37 heavy (non-hydrogen) atoms. The van der Waals surface area contributed by atoms with E-state index in [0.717, 1.165) is 22.1 Å². The summed E-state index contributed by atoms with van der Waals surface area (Å²) in [5, 5.41) is 13.5. The lowest BCUT2D eigenvalue weighted by molar-refractivity contribution is 0.310. The third-order valence-corrected chi connectivity index (χ3v) is 6.85. The predicted molar refractivity (Wildman–Crippen MR) is 142 cm³/mol. The Bertz CT molecular complexity index is 1830. The van der Waals surface area contributed by atoms with Gasteiger partial charge in [-0.2, -0.15) is 0 Å². The van der Waals surface area contributed by atoms with Crippen molar-refractivity contribution in [2.45, 2.75) is 26.7 Å². The van der Waals surface area contributed by atoms with Gasteiger partial charge in [0.05, 0.1) is 41.8 Å². The third kappa shape index (κ3) is 3.57. The minimum atomic E-state index is -0.627. The largest absolute Gasteiger partial charge is 0.493 e. The Kier molecular flexibility index (Phi) is 5.30. The van der Waals surface area contributed by atoms with Gasteiger partial charge in [-0.25, -0.2) is 0 Å². The zero-order valence-electron chi connectivity index (χ0n) is 21.0. The van der Waals surface area contributed by atoms with Crippen molar-refractivity contribution in [3.63, 3.8) is 0 Å². The number of methoxy groups -OCH3 is 1. The summed E-state index contributed by atoms with van der Waals surface area (Å²) in [5.41, 5.74) is 5.35. The molecule has 0 saturated carbocycles. The Morgan fingerprint density at radius 2 is 1.59 bits per heavy atom. The van der Waals surface area contributed by atoms with Gasteiger partial charge < -0.3 is 23.6 Å². The molecule has 0 bridgehead atoms. The maximum Gasteiger partial charge on any atom is 0.218 e. The summed E-state index contributed by atoms with van der Waals surface area (Å²) in [6.07, 6.45) is 0. The van der Waals surface area contributed by atoms with Gasteiger partial charge in [-0.3, -0.25) is 10.2 Å². The molecule has 0 amide bonds. The van der Waals surface area contributed by atoms with Crippen LogP contribution in [0.1, 0.15) is 40.7 Å². The first-order valence-electron chi connectivity index (χ1n) is 12.2. The summed E-state index contributed by atoms with van der Waals surface area (Å²) in [4.78, 5) is 14.0. The van der Waals surface area contributed by atoms with Crippen molar-refractivity contribution in [2.75, 3.05) is 19.0 Å². The highest BCUT2D eigenvalue weighted by Crippen LogP contribution is 2.46. The first kappa shape index (κ1) is 22.9. The van der Waals surface area contributed by atoms with Crippen LogP contribution < -0.4 is 25.8 Å². The van der Waals surface area contributed by atoms with Gasteiger partial charge in [0.1, 0.15) is 11.2 Å². The molecule has 0 radical (unpaired) electrons. The van der Waals surface area contributed by atoms with Crippen LogP contribution in [0.25, 0.3) is 21.9 Å². The third-order valence-electron chi connectivity index (χ3n) is 6.85. The van der Waals surface area contributed by atoms with Gasteiger partial charge in [0.15, 0.2) is 16.9 Å². The molecule has 3 aromatic carbocycles. The summed E-state index contributed by atoms with van der Waals surface area (Å²) >= 11 is 0. The zero-order valence-corrected chi connectivity index (χ0v) is 21.0. The molecule has 0 spiro atoms. The summed E-state index contributed by atoms with van der Waals surface area (Å²) in [5.74, 6) is 0.884. The van der Waals surface area contributed by atoms with Crippen molar-refractivity contribution in [1.82, 2.24) is 0 Å². The SMILES string of the molecule is CCOc1ccc(C2c3c(c4cc(C)ccc4oc3=N)Nc3oc4ccc(C)cc4c(=O)c32)cc1OC. The maximum absolute atomic E-state index is 14.0. The molecule has 7 heteroatoms. The van der Waals surface area contributed by atoms with Crippen LogP contribution in [0.2, 0.25) is 0 Å². The van der Waals surface area contributed by atoms with E-state index in [1.54, 1.807) is 7.11 Å². The van der Waals surface area contributed by atoms with E-state index in [0.29, 0.717) is 57.4 Å². The summed E-state index contributed by atoms with van der Waals surface area (Å²) in [6, 6.07) is 17.0. The highest BCUT2D eigenvalue weighted by atomic mass is 16.5. The van der Waals surface area contributed by atoms with E-state index >= 15 is 0 Å². The van der Waals surface area contributed by atoms with E-state index in [9.17, 15) is 4.79 Å². The minimum absolute atomic E-state index is 0.0221. The van der Waals surface area contributed by atoms with Crippen LogP contribution in [0, 0.1) is 19.3 Å². The average Bonchev–Trinajstić information content (AvgIpc) is 2.89. The lowest BCUT2D eigenvalue weighted by Gasteiger charge is -2.29. The zero-order chi connectivity index (χ0) is 25.8. The van der Waals surface area contributed by atoms with Crippen molar-refractivity contribution < 1.29 is 18.3 Å². The number of benzene rings is 3. The Labute approximate surface area is 212 Å². The fraction of sp³-hybridized carbons (Fsp3) is 0.200. The number of rotatable bonds is 4. The van der Waals surface area contributed by atoms with Crippen molar-refractivity contribution in [3.8, 4) is 11.5 Å². The molecule has 0 fully saturated rings. The molecular formula is C30H26N2O5. The van der Waals surface area contributed by atoms with E-state index in [4.69, 9.17) is 23.7 Å². The van der Waals surface area contributed by atoms with Crippen molar-refractivity contribution >= 4 is 33.5 Å². The quantitative estimate of drug-likeness (QED) is 0.299. The standard InChI is InChI=1S/C30H26N2O5/c1-5-35-22-11-8-17(14-23(22)34-4)24-25-27(18-12-15(2)6-9-20(18)36-29(25)31)32-30-26(24)28(33)19-13-16(3)7-10-21(19)37-30/h6-14,24,31-32H,5H2,1-4H3. The van der Waals surface area contributed by atoms with Gasteiger partial charge in [-0.1, -0.05) is 29.3 Å². The van der Waals surface area contributed by atoms with Gasteiger partial charge in [-0.15, -0.1) is 0 Å². The van der Waals surface area contributed by atoms with Gasteiger partial charge in [0.2, 0.25) is 11.4 Å². The summed E-state index contributed by atoms with van der Waals surface area (Å²) < 4.78 is 23.6. The highest BCUT2D eigenvalue weighted by molar-refractivity contribution is 5.96. The topological polar surface area (TPSA) is 97.7 Å².